The van der Waals surface area contributed by atoms with Gasteiger partial charge in [-0.25, -0.2) is 0 Å². The average molecular weight is 219 g/mol. The minimum atomic E-state index is -0.136. The molecule has 0 aromatic heterocycles. The van der Waals surface area contributed by atoms with E-state index < -0.39 is 0 Å². The molecule has 0 spiro atoms. The molecule has 0 aliphatic carbocycles. The standard InChI is InChI=1S/C13H17NO2/c1-10(2)16-13(15)9-14-7-11-5-3-4-6-12(11)8-14/h3-6,10H,7-9H2,1-2H3. The van der Waals surface area contributed by atoms with Gasteiger partial charge in [0.25, 0.3) is 0 Å². The van der Waals surface area contributed by atoms with Crippen molar-refractivity contribution in [1.29, 1.82) is 0 Å². The van der Waals surface area contributed by atoms with Crippen molar-refractivity contribution in [3.05, 3.63) is 35.4 Å². The summed E-state index contributed by atoms with van der Waals surface area (Å²) in [6.07, 6.45) is -0.0301. The molecule has 0 atom stereocenters. The van der Waals surface area contributed by atoms with E-state index >= 15 is 0 Å². The predicted molar refractivity (Wildman–Crippen MR) is 61.8 cm³/mol. The maximum Gasteiger partial charge on any atom is 0.320 e. The first kappa shape index (κ1) is 11.1. The number of benzene rings is 1. The van der Waals surface area contributed by atoms with Crippen molar-refractivity contribution in [3.63, 3.8) is 0 Å². The van der Waals surface area contributed by atoms with E-state index in [1.165, 1.54) is 11.1 Å². The Morgan fingerprint density at radius 3 is 2.38 bits per heavy atom. The molecule has 3 heteroatoms. The molecule has 1 aromatic rings. The molecule has 1 aliphatic rings. The van der Waals surface area contributed by atoms with Crippen molar-refractivity contribution >= 4 is 5.97 Å². The summed E-state index contributed by atoms with van der Waals surface area (Å²) in [4.78, 5) is 13.6. The van der Waals surface area contributed by atoms with Crippen LogP contribution in [0.15, 0.2) is 24.3 Å². The highest BCUT2D eigenvalue weighted by Gasteiger charge is 2.21. The minimum absolute atomic E-state index is 0.0301. The average Bonchev–Trinajstić information content (AvgIpc) is 2.57. The van der Waals surface area contributed by atoms with Crippen molar-refractivity contribution < 1.29 is 9.53 Å². The summed E-state index contributed by atoms with van der Waals surface area (Å²) >= 11 is 0. The van der Waals surface area contributed by atoms with Gasteiger partial charge in [-0.3, -0.25) is 9.69 Å². The third kappa shape index (κ3) is 2.61. The van der Waals surface area contributed by atoms with Gasteiger partial charge in [-0.1, -0.05) is 24.3 Å². The van der Waals surface area contributed by atoms with Crippen molar-refractivity contribution in [2.75, 3.05) is 6.54 Å². The summed E-state index contributed by atoms with van der Waals surface area (Å²) in [7, 11) is 0. The van der Waals surface area contributed by atoms with E-state index in [1.807, 2.05) is 26.0 Å². The maximum absolute atomic E-state index is 11.5. The van der Waals surface area contributed by atoms with Crippen LogP contribution in [0.2, 0.25) is 0 Å². The molecule has 3 nitrogen and oxygen atoms in total. The first-order valence-electron chi connectivity index (χ1n) is 5.64. The zero-order chi connectivity index (χ0) is 11.5. The normalized spacial score (nSPS) is 15.2. The van der Waals surface area contributed by atoms with E-state index in [0.29, 0.717) is 6.54 Å². The molecule has 2 rings (SSSR count). The maximum atomic E-state index is 11.5. The molecule has 0 bridgehead atoms. The molecule has 86 valence electrons. The number of fused-ring (bicyclic) bond motifs is 1. The Labute approximate surface area is 96.0 Å². The van der Waals surface area contributed by atoms with E-state index in [-0.39, 0.29) is 12.1 Å². The summed E-state index contributed by atoms with van der Waals surface area (Å²) in [5, 5.41) is 0. The van der Waals surface area contributed by atoms with Crippen molar-refractivity contribution in [1.82, 2.24) is 4.90 Å². The van der Waals surface area contributed by atoms with Gasteiger partial charge in [0.1, 0.15) is 0 Å². The lowest BCUT2D eigenvalue weighted by molar-refractivity contribution is -0.148. The van der Waals surface area contributed by atoms with E-state index in [4.69, 9.17) is 4.74 Å². The summed E-state index contributed by atoms with van der Waals surface area (Å²) in [5.74, 6) is -0.136. The Balaban J connectivity index is 1.90. The Hall–Kier alpha value is -1.35. The van der Waals surface area contributed by atoms with Crippen LogP contribution >= 0.6 is 0 Å². The highest BCUT2D eigenvalue weighted by molar-refractivity contribution is 5.72. The molecule has 16 heavy (non-hydrogen) atoms. The van der Waals surface area contributed by atoms with Crippen LogP contribution in [0.1, 0.15) is 25.0 Å². The molecule has 0 amide bonds. The largest absolute Gasteiger partial charge is 0.462 e. The van der Waals surface area contributed by atoms with Gasteiger partial charge in [0.05, 0.1) is 12.6 Å². The molecule has 0 saturated heterocycles. The number of rotatable bonds is 3. The number of hydrogen-bond donors (Lipinski definition) is 0. The number of carbonyl (C=O) groups excluding carboxylic acids is 1. The predicted octanol–water partition coefficient (Wildman–Crippen LogP) is 1.95. The first-order chi connectivity index (χ1) is 7.65. The summed E-state index contributed by atoms with van der Waals surface area (Å²) in [5.41, 5.74) is 2.64. The Kier molecular flexibility index (Phi) is 3.25. The molecule has 1 heterocycles. The van der Waals surface area contributed by atoms with Crippen molar-refractivity contribution in [2.24, 2.45) is 0 Å². The van der Waals surface area contributed by atoms with E-state index in [1.54, 1.807) is 0 Å². The van der Waals surface area contributed by atoms with Gasteiger partial charge in [0, 0.05) is 13.1 Å². The zero-order valence-corrected chi connectivity index (χ0v) is 9.77. The quantitative estimate of drug-likeness (QED) is 0.728. The fourth-order valence-electron chi connectivity index (χ4n) is 2.00. The van der Waals surface area contributed by atoms with Crippen molar-refractivity contribution in [3.8, 4) is 0 Å². The van der Waals surface area contributed by atoms with Crippen LogP contribution in [0.25, 0.3) is 0 Å². The topological polar surface area (TPSA) is 29.5 Å². The highest BCUT2D eigenvalue weighted by atomic mass is 16.5. The fraction of sp³-hybridized carbons (Fsp3) is 0.462. The lowest BCUT2D eigenvalue weighted by Gasteiger charge is -2.15. The number of esters is 1. The monoisotopic (exact) mass is 219 g/mol. The number of hydrogen-bond acceptors (Lipinski definition) is 3. The number of nitrogens with zero attached hydrogens (tertiary/aromatic N) is 1. The Morgan fingerprint density at radius 1 is 1.31 bits per heavy atom. The van der Waals surface area contributed by atoms with E-state index in [0.717, 1.165) is 13.1 Å². The Bertz CT molecular complexity index is 362. The van der Waals surface area contributed by atoms with E-state index in [9.17, 15) is 4.79 Å². The Morgan fingerprint density at radius 2 is 1.88 bits per heavy atom. The molecular formula is C13H17NO2. The molecule has 0 radical (unpaired) electrons. The van der Waals surface area contributed by atoms with Crippen LogP contribution in [-0.2, 0) is 22.6 Å². The van der Waals surface area contributed by atoms with Gasteiger partial charge >= 0.3 is 5.97 Å². The smallest absolute Gasteiger partial charge is 0.320 e. The van der Waals surface area contributed by atoms with Crippen LogP contribution in [0.4, 0.5) is 0 Å². The number of carbonyl (C=O) groups is 1. The van der Waals surface area contributed by atoms with Crippen LogP contribution in [0.3, 0.4) is 0 Å². The van der Waals surface area contributed by atoms with Crippen LogP contribution in [0.5, 0.6) is 0 Å². The van der Waals surface area contributed by atoms with Gasteiger partial charge in [-0.15, -0.1) is 0 Å². The van der Waals surface area contributed by atoms with Crippen LogP contribution < -0.4 is 0 Å². The third-order valence-electron chi connectivity index (χ3n) is 2.63. The second-order valence-electron chi connectivity index (χ2n) is 4.45. The van der Waals surface area contributed by atoms with Gasteiger partial charge in [-0.05, 0) is 25.0 Å². The molecular weight excluding hydrogens is 202 g/mol. The molecule has 1 aromatic carbocycles. The number of ether oxygens (including phenoxy) is 1. The lowest BCUT2D eigenvalue weighted by Crippen LogP contribution is -2.27. The zero-order valence-electron chi connectivity index (χ0n) is 9.77. The van der Waals surface area contributed by atoms with E-state index in [2.05, 4.69) is 17.0 Å². The SMILES string of the molecule is CC(C)OC(=O)CN1Cc2ccccc2C1. The summed E-state index contributed by atoms with van der Waals surface area (Å²) in [6.45, 7) is 5.83. The third-order valence-corrected chi connectivity index (χ3v) is 2.63. The molecule has 1 aliphatic heterocycles. The van der Waals surface area contributed by atoms with Gasteiger partial charge in [-0.2, -0.15) is 0 Å². The second kappa shape index (κ2) is 4.66. The van der Waals surface area contributed by atoms with Crippen LogP contribution in [-0.4, -0.2) is 23.5 Å². The van der Waals surface area contributed by atoms with Crippen LogP contribution in [0, 0.1) is 0 Å². The fourth-order valence-corrected chi connectivity index (χ4v) is 2.00. The lowest BCUT2D eigenvalue weighted by atomic mass is 10.1. The van der Waals surface area contributed by atoms with Gasteiger partial charge < -0.3 is 4.74 Å². The first-order valence-corrected chi connectivity index (χ1v) is 5.64. The summed E-state index contributed by atoms with van der Waals surface area (Å²) in [6, 6.07) is 8.30. The van der Waals surface area contributed by atoms with Gasteiger partial charge in [0.15, 0.2) is 0 Å². The van der Waals surface area contributed by atoms with Gasteiger partial charge in [0.2, 0.25) is 0 Å². The molecule has 0 fully saturated rings. The minimum Gasteiger partial charge on any atom is -0.462 e. The highest BCUT2D eigenvalue weighted by Crippen LogP contribution is 2.21. The molecule has 0 unspecified atom stereocenters. The molecule has 0 saturated carbocycles. The summed E-state index contributed by atoms with van der Waals surface area (Å²) < 4.78 is 5.13. The van der Waals surface area contributed by atoms with Crippen molar-refractivity contribution in [2.45, 2.75) is 33.0 Å². The molecule has 0 N–H and O–H groups in total. The second-order valence-corrected chi connectivity index (χ2v) is 4.45.